The molecular weight excluding hydrogens is 263 g/mol. The van der Waals surface area contributed by atoms with Gasteiger partial charge in [-0.15, -0.1) is 0 Å². The zero-order chi connectivity index (χ0) is 14.0. The molecule has 8 heteroatoms. The number of alkyl halides is 3. The van der Waals surface area contributed by atoms with Gasteiger partial charge in [-0.1, -0.05) is 5.16 Å². The van der Waals surface area contributed by atoms with E-state index in [4.69, 9.17) is 10.3 Å². The maximum absolute atomic E-state index is 12.0. The molecule has 0 fully saturated rings. The zero-order valence-corrected chi connectivity index (χ0v) is 9.61. The molecule has 1 aromatic heterocycles. The lowest BCUT2D eigenvalue weighted by molar-refractivity contribution is -0.134. The van der Waals surface area contributed by atoms with Gasteiger partial charge in [-0.25, -0.2) is 0 Å². The van der Waals surface area contributed by atoms with Crippen molar-refractivity contribution in [2.24, 2.45) is 0 Å². The summed E-state index contributed by atoms with van der Waals surface area (Å²) in [6.45, 7) is 0. The molecule has 0 atom stereocenters. The van der Waals surface area contributed by atoms with E-state index in [-0.39, 0.29) is 29.6 Å². The highest BCUT2D eigenvalue weighted by Gasteiger charge is 2.27. The smallest absolute Gasteiger partial charge is 0.389 e. The minimum atomic E-state index is -4.26. The Hall–Kier alpha value is -2.25. The number of nitrogens with two attached hydrogens (primary N) is 1. The monoisotopic (exact) mass is 273 g/mol. The first-order valence-electron chi connectivity index (χ1n) is 5.33. The predicted molar refractivity (Wildman–Crippen MR) is 60.2 cm³/mol. The van der Waals surface area contributed by atoms with Gasteiger partial charge in [-0.2, -0.15) is 18.2 Å². The van der Waals surface area contributed by atoms with E-state index in [0.717, 1.165) is 0 Å². The van der Waals surface area contributed by atoms with Crippen LogP contribution in [0.15, 0.2) is 22.7 Å². The first-order valence-corrected chi connectivity index (χ1v) is 5.33. The molecule has 1 heterocycles. The minimum absolute atomic E-state index is 0.0287. The van der Waals surface area contributed by atoms with Crippen LogP contribution in [0, 0.1) is 0 Å². The quantitative estimate of drug-likeness (QED) is 0.663. The van der Waals surface area contributed by atoms with E-state index >= 15 is 0 Å². The van der Waals surface area contributed by atoms with Crippen molar-refractivity contribution in [3.8, 4) is 17.2 Å². The highest BCUT2D eigenvalue weighted by atomic mass is 19.4. The van der Waals surface area contributed by atoms with Crippen LogP contribution in [-0.4, -0.2) is 21.4 Å². The van der Waals surface area contributed by atoms with Crippen LogP contribution in [-0.2, 0) is 6.42 Å². The van der Waals surface area contributed by atoms with Crippen LogP contribution >= 0.6 is 0 Å². The summed E-state index contributed by atoms with van der Waals surface area (Å²) in [5, 5.41) is 12.7. The summed E-state index contributed by atoms with van der Waals surface area (Å²) in [6, 6.07) is 4.22. The molecular formula is C11H10F3N3O2. The second-order valence-electron chi connectivity index (χ2n) is 3.90. The molecule has 0 saturated heterocycles. The number of rotatable bonds is 3. The van der Waals surface area contributed by atoms with Gasteiger partial charge < -0.3 is 15.4 Å². The Morgan fingerprint density at radius 2 is 2.05 bits per heavy atom. The van der Waals surface area contributed by atoms with Crippen molar-refractivity contribution in [2.45, 2.75) is 19.0 Å². The third-order valence-electron chi connectivity index (χ3n) is 2.37. The van der Waals surface area contributed by atoms with Gasteiger partial charge in [0.15, 0.2) is 5.82 Å². The summed E-state index contributed by atoms with van der Waals surface area (Å²) >= 11 is 0. The number of benzene rings is 1. The van der Waals surface area contributed by atoms with Crippen molar-refractivity contribution in [1.29, 1.82) is 0 Å². The normalized spacial score (nSPS) is 11.7. The van der Waals surface area contributed by atoms with Crippen LogP contribution in [0.4, 0.5) is 18.9 Å². The average Bonchev–Trinajstić information content (AvgIpc) is 2.78. The zero-order valence-electron chi connectivity index (χ0n) is 9.61. The number of hydrogen-bond acceptors (Lipinski definition) is 5. The molecule has 0 aliphatic rings. The molecule has 0 amide bonds. The minimum Gasteiger partial charge on any atom is -0.506 e. The number of nitrogens with zero attached hydrogens (tertiary/aromatic N) is 2. The van der Waals surface area contributed by atoms with Crippen LogP contribution < -0.4 is 5.73 Å². The van der Waals surface area contributed by atoms with E-state index in [0.29, 0.717) is 5.56 Å². The summed E-state index contributed by atoms with van der Waals surface area (Å²) in [5.74, 6) is -0.0663. The fraction of sp³-hybridized carbons (Fsp3) is 0.273. The predicted octanol–water partition coefficient (Wildman–Crippen LogP) is 2.52. The lowest BCUT2D eigenvalue weighted by atomic mass is 10.2. The van der Waals surface area contributed by atoms with Crippen molar-refractivity contribution in [1.82, 2.24) is 10.1 Å². The molecule has 2 rings (SSSR count). The number of aromatic nitrogens is 2. The molecule has 0 spiro atoms. The first-order chi connectivity index (χ1) is 8.85. The fourth-order valence-corrected chi connectivity index (χ4v) is 1.41. The Labute approximate surface area is 105 Å². The molecule has 0 saturated carbocycles. The van der Waals surface area contributed by atoms with Crippen LogP contribution in [0.1, 0.15) is 12.2 Å². The van der Waals surface area contributed by atoms with Gasteiger partial charge in [0.25, 0.3) is 5.89 Å². The Morgan fingerprint density at radius 3 is 2.68 bits per heavy atom. The Morgan fingerprint density at radius 1 is 1.32 bits per heavy atom. The molecule has 102 valence electrons. The van der Waals surface area contributed by atoms with Gasteiger partial charge in [0.05, 0.1) is 12.1 Å². The van der Waals surface area contributed by atoms with E-state index in [1.807, 2.05) is 0 Å². The number of aromatic hydroxyl groups is 1. The lowest BCUT2D eigenvalue weighted by Crippen LogP contribution is -2.09. The number of anilines is 1. The SMILES string of the molecule is Nc1cc(-c2nc(CCC(F)(F)F)no2)ccc1O. The Bertz CT molecular complexity index is 581. The van der Waals surface area contributed by atoms with E-state index in [1.54, 1.807) is 0 Å². The molecule has 2 aromatic rings. The first kappa shape index (κ1) is 13.2. The molecule has 0 bridgehead atoms. The molecule has 0 aliphatic heterocycles. The van der Waals surface area contributed by atoms with Gasteiger partial charge in [0, 0.05) is 12.0 Å². The average molecular weight is 273 g/mol. The third kappa shape index (κ3) is 3.36. The van der Waals surface area contributed by atoms with Gasteiger partial charge in [-0.3, -0.25) is 0 Å². The number of phenolic OH excluding ortho intramolecular Hbond substituents is 1. The van der Waals surface area contributed by atoms with Gasteiger partial charge in [0.1, 0.15) is 5.75 Å². The Kier molecular flexibility index (Phi) is 3.32. The van der Waals surface area contributed by atoms with Crippen molar-refractivity contribution >= 4 is 5.69 Å². The van der Waals surface area contributed by atoms with Crippen LogP contribution in [0.2, 0.25) is 0 Å². The molecule has 0 aliphatic carbocycles. The van der Waals surface area contributed by atoms with Crippen molar-refractivity contribution in [2.75, 3.05) is 5.73 Å². The summed E-state index contributed by atoms with van der Waals surface area (Å²) in [7, 11) is 0. The van der Waals surface area contributed by atoms with Crippen LogP contribution in [0.3, 0.4) is 0 Å². The van der Waals surface area contributed by atoms with Gasteiger partial charge in [0.2, 0.25) is 0 Å². The number of phenols is 1. The molecule has 0 unspecified atom stereocenters. The van der Waals surface area contributed by atoms with E-state index in [9.17, 15) is 18.3 Å². The van der Waals surface area contributed by atoms with E-state index < -0.39 is 12.6 Å². The number of nitrogen functional groups attached to an aromatic ring is 1. The van der Waals surface area contributed by atoms with Gasteiger partial charge >= 0.3 is 6.18 Å². The molecule has 5 nitrogen and oxygen atoms in total. The molecule has 19 heavy (non-hydrogen) atoms. The molecule has 3 N–H and O–H groups in total. The Balaban J connectivity index is 2.14. The number of aryl methyl sites for hydroxylation is 1. The maximum Gasteiger partial charge on any atom is 0.389 e. The van der Waals surface area contributed by atoms with Crippen molar-refractivity contribution in [3.05, 3.63) is 24.0 Å². The highest BCUT2D eigenvalue weighted by Crippen LogP contribution is 2.27. The largest absolute Gasteiger partial charge is 0.506 e. The second-order valence-corrected chi connectivity index (χ2v) is 3.90. The highest BCUT2D eigenvalue weighted by molar-refractivity contribution is 5.64. The lowest BCUT2D eigenvalue weighted by Gasteiger charge is -2.02. The third-order valence-corrected chi connectivity index (χ3v) is 2.37. The van der Waals surface area contributed by atoms with Crippen LogP contribution in [0.25, 0.3) is 11.5 Å². The summed E-state index contributed by atoms with van der Waals surface area (Å²) in [4.78, 5) is 3.84. The summed E-state index contributed by atoms with van der Waals surface area (Å²) < 4.78 is 41.0. The van der Waals surface area contributed by atoms with Gasteiger partial charge in [-0.05, 0) is 18.2 Å². The maximum atomic E-state index is 12.0. The molecule has 0 radical (unpaired) electrons. The summed E-state index contributed by atoms with van der Waals surface area (Å²) in [5.41, 5.74) is 6.04. The van der Waals surface area contributed by atoms with Crippen molar-refractivity contribution in [3.63, 3.8) is 0 Å². The topological polar surface area (TPSA) is 85.2 Å². The van der Waals surface area contributed by atoms with E-state index in [1.165, 1.54) is 18.2 Å². The standard InChI is InChI=1S/C11H10F3N3O2/c12-11(13,14)4-3-9-16-10(19-17-9)6-1-2-8(18)7(15)5-6/h1-2,5,18H,3-4,15H2. The summed E-state index contributed by atoms with van der Waals surface area (Å²) in [6.07, 6.45) is -5.62. The number of halogens is 3. The number of hydrogen-bond donors (Lipinski definition) is 2. The second kappa shape index (κ2) is 4.79. The van der Waals surface area contributed by atoms with E-state index in [2.05, 4.69) is 10.1 Å². The fourth-order valence-electron chi connectivity index (χ4n) is 1.41. The molecule has 1 aromatic carbocycles. The van der Waals surface area contributed by atoms with Crippen LogP contribution in [0.5, 0.6) is 5.75 Å². The van der Waals surface area contributed by atoms with Crippen molar-refractivity contribution < 1.29 is 22.8 Å².